The fraction of sp³-hybridized carbons (Fsp3) is 0.727. The van der Waals surface area contributed by atoms with Gasteiger partial charge in [0.25, 0.3) is 0 Å². The maximum atomic E-state index is 13.5. The molecule has 1 aliphatic carbocycles. The van der Waals surface area contributed by atoms with Gasteiger partial charge in [-0.15, -0.1) is 0 Å². The number of hydrogen-bond acceptors (Lipinski definition) is 5. The normalized spacial score (nSPS) is 23.2. The van der Waals surface area contributed by atoms with Crippen LogP contribution in [0.1, 0.15) is 52.0 Å². The van der Waals surface area contributed by atoms with Crippen molar-refractivity contribution in [1.82, 2.24) is 4.72 Å². The highest BCUT2D eigenvalue weighted by molar-refractivity contribution is 7.90. The summed E-state index contributed by atoms with van der Waals surface area (Å²) in [5, 5.41) is 3.30. The highest BCUT2D eigenvalue weighted by atomic mass is 32.2. The number of benzene rings is 1. The van der Waals surface area contributed by atoms with Gasteiger partial charge in [-0.25, -0.2) is 13.1 Å². The lowest BCUT2D eigenvalue weighted by Gasteiger charge is -2.32. The van der Waals surface area contributed by atoms with Crippen LogP contribution in [0.5, 0.6) is 0 Å². The predicted octanol–water partition coefficient (Wildman–Crippen LogP) is 4.23. The highest BCUT2D eigenvalue weighted by Crippen LogP contribution is 2.38. The molecular weight excluding hydrogens is 443 g/mol. The van der Waals surface area contributed by atoms with Gasteiger partial charge in [0.05, 0.1) is 29.2 Å². The standard InChI is InChI=1S/C22H34F3N3O3S/c1-21(2,3)32(29,30)27-17-6-4-16(5-7-17)15-26-18-8-9-19(22(23,24)25)20(14-18)28-10-12-31-13-11-28/h8-9,14,16-17,26-27H,4-7,10-13,15H2,1-3H3/t16-,17-. The number of anilines is 2. The van der Waals surface area contributed by atoms with E-state index in [4.69, 9.17) is 4.74 Å². The fourth-order valence-corrected chi connectivity index (χ4v) is 5.12. The molecule has 0 bridgehead atoms. The van der Waals surface area contributed by atoms with E-state index >= 15 is 0 Å². The van der Waals surface area contributed by atoms with Crippen LogP contribution in [0.2, 0.25) is 0 Å². The molecule has 6 nitrogen and oxygen atoms in total. The maximum Gasteiger partial charge on any atom is 0.418 e. The third kappa shape index (κ3) is 6.29. The molecule has 2 fully saturated rings. The SMILES string of the molecule is CC(C)(C)S(=O)(=O)N[C@H]1CC[C@H](CNc2ccc(C(F)(F)F)c(N3CCOCC3)c2)CC1. The van der Waals surface area contributed by atoms with Crippen molar-refractivity contribution in [2.24, 2.45) is 5.92 Å². The molecule has 182 valence electrons. The first kappa shape index (κ1) is 25.1. The van der Waals surface area contributed by atoms with Crippen molar-refractivity contribution in [3.05, 3.63) is 23.8 Å². The molecule has 0 amide bonds. The molecule has 0 radical (unpaired) electrons. The summed E-state index contributed by atoms with van der Waals surface area (Å²) >= 11 is 0. The van der Waals surface area contributed by atoms with Crippen molar-refractivity contribution in [3.8, 4) is 0 Å². The Kier molecular flexibility index (Phi) is 7.66. The van der Waals surface area contributed by atoms with Crippen molar-refractivity contribution in [3.63, 3.8) is 0 Å². The number of alkyl halides is 3. The van der Waals surface area contributed by atoms with E-state index in [1.54, 1.807) is 31.7 Å². The number of halogens is 3. The van der Waals surface area contributed by atoms with Gasteiger partial charge in [-0.1, -0.05) is 0 Å². The summed E-state index contributed by atoms with van der Waals surface area (Å²) < 4.78 is 72.5. The molecule has 0 aromatic heterocycles. The lowest BCUT2D eigenvalue weighted by Crippen LogP contribution is -2.46. The Morgan fingerprint density at radius 1 is 1.06 bits per heavy atom. The van der Waals surface area contributed by atoms with Gasteiger partial charge in [-0.05, 0) is 70.6 Å². The topological polar surface area (TPSA) is 70.7 Å². The number of rotatable bonds is 6. The summed E-state index contributed by atoms with van der Waals surface area (Å²) in [7, 11) is -3.37. The molecule has 3 rings (SSSR count). The van der Waals surface area contributed by atoms with E-state index in [0.717, 1.165) is 31.7 Å². The number of sulfonamides is 1. The van der Waals surface area contributed by atoms with E-state index in [0.29, 0.717) is 44.5 Å². The predicted molar refractivity (Wildman–Crippen MR) is 121 cm³/mol. The minimum atomic E-state index is -4.41. The van der Waals surface area contributed by atoms with Gasteiger partial charge >= 0.3 is 6.18 Å². The summed E-state index contributed by atoms with van der Waals surface area (Å²) in [5.74, 6) is 0.347. The van der Waals surface area contributed by atoms with Crippen molar-refractivity contribution >= 4 is 21.4 Å². The number of nitrogens with one attached hydrogen (secondary N) is 2. The molecule has 2 N–H and O–H groups in total. The third-order valence-electron chi connectivity index (χ3n) is 6.22. The first-order chi connectivity index (χ1) is 14.9. The Morgan fingerprint density at radius 3 is 2.25 bits per heavy atom. The van der Waals surface area contributed by atoms with Gasteiger partial charge in [0.2, 0.25) is 10.0 Å². The minimum absolute atomic E-state index is 0.0607. The quantitative estimate of drug-likeness (QED) is 0.642. The molecular formula is C22H34F3N3O3S. The van der Waals surface area contributed by atoms with Crippen LogP contribution in [-0.4, -0.2) is 52.1 Å². The largest absolute Gasteiger partial charge is 0.418 e. The summed E-state index contributed by atoms with van der Waals surface area (Å²) in [4.78, 5) is 1.73. The fourth-order valence-electron chi connectivity index (χ4n) is 4.09. The van der Waals surface area contributed by atoms with E-state index in [9.17, 15) is 21.6 Å². The van der Waals surface area contributed by atoms with Gasteiger partial charge in [0.1, 0.15) is 0 Å². The van der Waals surface area contributed by atoms with Crippen LogP contribution in [0.25, 0.3) is 0 Å². The van der Waals surface area contributed by atoms with Gasteiger partial charge in [0.15, 0.2) is 0 Å². The van der Waals surface area contributed by atoms with Crippen LogP contribution < -0.4 is 14.9 Å². The Morgan fingerprint density at radius 2 is 1.69 bits per heavy atom. The number of morpholine rings is 1. The summed E-state index contributed by atoms with van der Waals surface area (Å²) in [5.41, 5.74) is 0.220. The molecule has 1 saturated heterocycles. The molecule has 1 heterocycles. The zero-order valence-corrected chi connectivity index (χ0v) is 19.8. The molecule has 1 aromatic carbocycles. The number of nitrogens with zero attached hydrogens (tertiary/aromatic N) is 1. The zero-order valence-electron chi connectivity index (χ0n) is 19.0. The van der Waals surface area contributed by atoms with Gasteiger partial charge in [0, 0.05) is 31.4 Å². The second-order valence-electron chi connectivity index (χ2n) is 9.66. The smallest absolute Gasteiger partial charge is 0.385 e. The van der Waals surface area contributed by atoms with E-state index in [-0.39, 0.29) is 11.7 Å². The van der Waals surface area contributed by atoms with E-state index < -0.39 is 26.5 Å². The average Bonchev–Trinajstić information content (AvgIpc) is 2.72. The lowest BCUT2D eigenvalue weighted by molar-refractivity contribution is -0.137. The molecule has 10 heteroatoms. The van der Waals surface area contributed by atoms with E-state index in [1.807, 2.05) is 0 Å². The van der Waals surface area contributed by atoms with Crippen LogP contribution in [0.4, 0.5) is 24.5 Å². The van der Waals surface area contributed by atoms with Crippen molar-refractivity contribution in [2.75, 3.05) is 43.1 Å². The monoisotopic (exact) mass is 477 g/mol. The molecule has 0 atom stereocenters. The van der Waals surface area contributed by atoms with Crippen molar-refractivity contribution in [2.45, 2.75) is 63.4 Å². The van der Waals surface area contributed by atoms with Crippen LogP contribution in [0.3, 0.4) is 0 Å². The first-order valence-corrected chi connectivity index (χ1v) is 12.6. The van der Waals surface area contributed by atoms with Crippen LogP contribution in [-0.2, 0) is 20.9 Å². The number of hydrogen-bond donors (Lipinski definition) is 2. The molecule has 0 unspecified atom stereocenters. The average molecular weight is 478 g/mol. The Labute approximate surface area is 188 Å². The molecule has 1 aliphatic heterocycles. The second-order valence-corrected chi connectivity index (χ2v) is 12.1. The zero-order chi connectivity index (χ0) is 23.6. The van der Waals surface area contributed by atoms with Crippen LogP contribution in [0.15, 0.2) is 18.2 Å². The Bertz CT molecular complexity index is 871. The minimum Gasteiger partial charge on any atom is -0.385 e. The summed E-state index contributed by atoms with van der Waals surface area (Å²) in [6, 6.07) is 4.15. The summed E-state index contributed by atoms with van der Waals surface area (Å²) in [6.07, 6.45) is -1.17. The summed E-state index contributed by atoms with van der Waals surface area (Å²) in [6.45, 7) is 7.38. The molecule has 2 aliphatic rings. The highest BCUT2D eigenvalue weighted by Gasteiger charge is 2.36. The van der Waals surface area contributed by atoms with E-state index in [1.165, 1.54) is 6.07 Å². The molecule has 1 saturated carbocycles. The van der Waals surface area contributed by atoms with Crippen molar-refractivity contribution in [1.29, 1.82) is 0 Å². The van der Waals surface area contributed by atoms with Crippen LogP contribution >= 0.6 is 0 Å². The van der Waals surface area contributed by atoms with Crippen LogP contribution in [0, 0.1) is 5.92 Å². The third-order valence-corrected chi connectivity index (χ3v) is 8.48. The maximum absolute atomic E-state index is 13.5. The Balaban J connectivity index is 1.58. The Hall–Kier alpha value is -1.52. The molecule has 32 heavy (non-hydrogen) atoms. The lowest BCUT2D eigenvalue weighted by atomic mass is 9.86. The second kappa shape index (κ2) is 9.77. The molecule has 0 spiro atoms. The van der Waals surface area contributed by atoms with Gasteiger partial charge in [-0.2, -0.15) is 13.2 Å². The number of ether oxygens (including phenoxy) is 1. The molecule has 1 aromatic rings. The first-order valence-electron chi connectivity index (χ1n) is 11.2. The van der Waals surface area contributed by atoms with E-state index in [2.05, 4.69) is 10.0 Å². The van der Waals surface area contributed by atoms with Crippen molar-refractivity contribution < 1.29 is 26.3 Å². The van der Waals surface area contributed by atoms with Gasteiger partial charge < -0.3 is 15.0 Å². The van der Waals surface area contributed by atoms with Gasteiger partial charge in [-0.3, -0.25) is 0 Å².